The molecule has 0 aliphatic carbocycles. The SMILES string of the molecule is COc1ccc(CN(C)S(=O)(=O)c2ccc(Cl)cc2C(F)(F)F)cc1F. The van der Waals surface area contributed by atoms with Gasteiger partial charge in [-0.3, -0.25) is 0 Å². The number of rotatable bonds is 5. The molecule has 26 heavy (non-hydrogen) atoms. The third-order valence-electron chi connectivity index (χ3n) is 3.56. The highest BCUT2D eigenvalue weighted by Crippen LogP contribution is 2.37. The number of alkyl halides is 3. The number of hydrogen-bond donors (Lipinski definition) is 0. The first-order valence-corrected chi connectivity index (χ1v) is 8.94. The Balaban J connectivity index is 2.40. The van der Waals surface area contributed by atoms with Gasteiger partial charge in [0.05, 0.1) is 17.6 Å². The molecular formula is C16H14ClF4NO3S. The quantitative estimate of drug-likeness (QED) is 0.688. The number of methoxy groups -OCH3 is 1. The van der Waals surface area contributed by atoms with Gasteiger partial charge in [0, 0.05) is 18.6 Å². The monoisotopic (exact) mass is 411 g/mol. The van der Waals surface area contributed by atoms with Crippen molar-refractivity contribution < 1.29 is 30.7 Å². The molecule has 2 aromatic rings. The Morgan fingerprint density at radius 2 is 1.81 bits per heavy atom. The van der Waals surface area contributed by atoms with Crippen molar-refractivity contribution in [1.29, 1.82) is 0 Å². The summed E-state index contributed by atoms with van der Waals surface area (Å²) in [7, 11) is -2.12. The number of nitrogens with zero attached hydrogens (tertiary/aromatic N) is 1. The predicted octanol–water partition coefficient (Wildman–Crippen LogP) is 4.33. The lowest BCUT2D eigenvalue weighted by Gasteiger charge is -2.20. The average Bonchev–Trinajstić information content (AvgIpc) is 2.53. The van der Waals surface area contributed by atoms with Crippen molar-refractivity contribution in [3.05, 3.63) is 58.4 Å². The first-order valence-electron chi connectivity index (χ1n) is 7.12. The summed E-state index contributed by atoms with van der Waals surface area (Å²) >= 11 is 5.57. The summed E-state index contributed by atoms with van der Waals surface area (Å²) in [4.78, 5) is -0.925. The molecule has 0 aromatic heterocycles. The van der Waals surface area contributed by atoms with Crippen LogP contribution in [0.25, 0.3) is 0 Å². The third kappa shape index (κ3) is 4.28. The van der Waals surface area contributed by atoms with E-state index in [9.17, 15) is 26.0 Å². The van der Waals surface area contributed by atoms with Gasteiger partial charge in [-0.15, -0.1) is 0 Å². The van der Waals surface area contributed by atoms with Crippen LogP contribution in [0.3, 0.4) is 0 Å². The van der Waals surface area contributed by atoms with Crippen LogP contribution in [0.4, 0.5) is 17.6 Å². The Bertz CT molecular complexity index is 916. The Morgan fingerprint density at radius 1 is 1.15 bits per heavy atom. The highest BCUT2D eigenvalue weighted by atomic mass is 35.5. The molecule has 2 aromatic carbocycles. The summed E-state index contributed by atoms with van der Waals surface area (Å²) in [5.74, 6) is -0.741. The lowest BCUT2D eigenvalue weighted by molar-refractivity contribution is -0.139. The molecule has 0 heterocycles. The Kier molecular flexibility index (Phi) is 5.84. The zero-order valence-corrected chi connectivity index (χ0v) is 15.2. The molecule has 0 unspecified atom stereocenters. The number of sulfonamides is 1. The van der Waals surface area contributed by atoms with E-state index in [4.69, 9.17) is 16.3 Å². The van der Waals surface area contributed by atoms with Crippen LogP contribution in [0, 0.1) is 5.82 Å². The van der Waals surface area contributed by atoms with Crippen molar-refractivity contribution in [2.45, 2.75) is 17.6 Å². The maximum atomic E-state index is 13.7. The van der Waals surface area contributed by atoms with E-state index in [1.165, 1.54) is 19.2 Å². The van der Waals surface area contributed by atoms with E-state index in [1.807, 2.05) is 0 Å². The molecule has 142 valence electrons. The van der Waals surface area contributed by atoms with Gasteiger partial charge < -0.3 is 4.74 Å². The van der Waals surface area contributed by atoms with Gasteiger partial charge >= 0.3 is 6.18 Å². The van der Waals surface area contributed by atoms with Gasteiger partial charge in [-0.05, 0) is 35.9 Å². The third-order valence-corrected chi connectivity index (χ3v) is 5.65. The molecule has 0 atom stereocenters. The van der Waals surface area contributed by atoms with Crippen LogP contribution in [-0.4, -0.2) is 26.9 Å². The minimum atomic E-state index is -4.90. The molecule has 0 saturated heterocycles. The number of halogens is 5. The van der Waals surface area contributed by atoms with Crippen LogP contribution < -0.4 is 4.74 Å². The van der Waals surface area contributed by atoms with Gasteiger partial charge in [0.25, 0.3) is 0 Å². The fourth-order valence-electron chi connectivity index (χ4n) is 2.27. The van der Waals surface area contributed by atoms with E-state index in [2.05, 4.69) is 0 Å². The maximum absolute atomic E-state index is 13.7. The van der Waals surface area contributed by atoms with Crippen molar-refractivity contribution in [1.82, 2.24) is 4.31 Å². The highest BCUT2D eigenvalue weighted by Gasteiger charge is 2.38. The fraction of sp³-hybridized carbons (Fsp3) is 0.250. The van der Waals surface area contributed by atoms with Crippen LogP contribution in [0.5, 0.6) is 5.75 Å². The molecule has 2 rings (SSSR count). The van der Waals surface area contributed by atoms with Gasteiger partial charge in [-0.2, -0.15) is 17.5 Å². The Hall–Kier alpha value is -1.84. The van der Waals surface area contributed by atoms with Crippen molar-refractivity contribution in [2.75, 3.05) is 14.2 Å². The van der Waals surface area contributed by atoms with E-state index in [-0.39, 0.29) is 22.9 Å². The van der Waals surface area contributed by atoms with Gasteiger partial charge in [-0.1, -0.05) is 17.7 Å². The van der Waals surface area contributed by atoms with Gasteiger partial charge in [0.2, 0.25) is 10.0 Å². The lowest BCUT2D eigenvalue weighted by Crippen LogP contribution is -2.28. The molecule has 0 radical (unpaired) electrons. The maximum Gasteiger partial charge on any atom is 0.417 e. The molecule has 0 N–H and O–H groups in total. The van der Waals surface area contributed by atoms with Crippen molar-refractivity contribution in [3.63, 3.8) is 0 Å². The smallest absolute Gasteiger partial charge is 0.417 e. The number of hydrogen-bond acceptors (Lipinski definition) is 3. The number of benzene rings is 2. The van der Waals surface area contributed by atoms with Crippen LogP contribution >= 0.6 is 11.6 Å². The molecule has 0 saturated carbocycles. The second kappa shape index (κ2) is 7.42. The van der Waals surface area contributed by atoms with E-state index in [0.29, 0.717) is 10.4 Å². The zero-order chi connectivity index (χ0) is 19.7. The second-order valence-electron chi connectivity index (χ2n) is 5.37. The van der Waals surface area contributed by atoms with Crippen LogP contribution in [-0.2, 0) is 22.7 Å². The molecule has 0 spiro atoms. The van der Waals surface area contributed by atoms with E-state index in [0.717, 1.165) is 25.2 Å². The zero-order valence-electron chi connectivity index (χ0n) is 13.6. The minimum Gasteiger partial charge on any atom is -0.494 e. The summed E-state index contributed by atoms with van der Waals surface area (Å²) in [6, 6.07) is 6.18. The van der Waals surface area contributed by atoms with E-state index < -0.39 is 32.5 Å². The van der Waals surface area contributed by atoms with E-state index in [1.54, 1.807) is 0 Å². The highest BCUT2D eigenvalue weighted by molar-refractivity contribution is 7.89. The summed E-state index contributed by atoms with van der Waals surface area (Å²) in [5, 5.41) is -0.240. The molecule has 4 nitrogen and oxygen atoms in total. The normalized spacial score (nSPS) is 12.5. The number of ether oxygens (including phenoxy) is 1. The molecule has 0 bridgehead atoms. The molecular weight excluding hydrogens is 398 g/mol. The van der Waals surface area contributed by atoms with Crippen molar-refractivity contribution >= 4 is 21.6 Å². The predicted molar refractivity (Wildman–Crippen MR) is 88.1 cm³/mol. The van der Waals surface area contributed by atoms with Gasteiger partial charge in [-0.25, -0.2) is 12.8 Å². The molecule has 10 heteroatoms. The molecule has 0 amide bonds. The fourth-order valence-corrected chi connectivity index (χ4v) is 3.79. The first kappa shape index (κ1) is 20.5. The van der Waals surface area contributed by atoms with Crippen molar-refractivity contribution in [2.24, 2.45) is 0 Å². The van der Waals surface area contributed by atoms with Crippen LogP contribution in [0.15, 0.2) is 41.3 Å². The van der Waals surface area contributed by atoms with Gasteiger partial charge in [0.1, 0.15) is 0 Å². The first-order chi connectivity index (χ1) is 12.0. The van der Waals surface area contributed by atoms with Crippen molar-refractivity contribution in [3.8, 4) is 5.75 Å². The molecule has 0 aliphatic rings. The van der Waals surface area contributed by atoms with Crippen LogP contribution in [0.1, 0.15) is 11.1 Å². The average molecular weight is 412 g/mol. The molecule has 0 aliphatic heterocycles. The second-order valence-corrected chi connectivity index (χ2v) is 7.82. The summed E-state index contributed by atoms with van der Waals surface area (Å²) < 4.78 is 83.9. The Labute approximate surface area is 153 Å². The largest absolute Gasteiger partial charge is 0.494 e. The summed E-state index contributed by atoms with van der Waals surface area (Å²) in [6.07, 6.45) is -4.90. The lowest BCUT2D eigenvalue weighted by atomic mass is 10.2. The summed E-state index contributed by atoms with van der Waals surface area (Å²) in [5.41, 5.74) is -1.12. The van der Waals surface area contributed by atoms with E-state index >= 15 is 0 Å². The summed E-state index contributed by atoms with van der Waals surface area (Å²) in [6.45, 7) is -0.330. The van der Waals surface area contributed by atoms with Gasteiger partial charge in [0.15, 0.2) is 11.6 Å². The Morgan fingerprint density at radius 3 is 2.35 bits per heavy atom. The minimum absolute atomic E-state index is 0.0312. The van der Waals surface area contributed by atoms with Crippen LogP contribution in [0.2, 0.25) is 5.02 Å². The molecule has 0 fully saturated rings. The standard InChI is InChI=1S/C16H14ClF4NO3S/c1-22(9-10-3-5-14(25-2)13(18)7-10)26(23,24)15-6-4-11(17)8-12(15)16(19,20)21/h3-8H,9H2,1-2H3. The topological polar surface area (TPSA) is 46.6 Å².